The fourth-order valence-electron chi connectivity index (χ4n) is 4.96. The fraction of sp³-hybridized carbons (Fsp3) is 0. The van der Waals surface area contributed by atoms with Crippen molar-refractivity contribution in [2.75, 3.05) is 0 Å². The molecule has 2 heteroatoms. The lowest BCUT2D eigenvalue weighted by atomic mass is 9.85. The van der Waals surface area contributed by atoms with E-state index in [4.69, 9.17) is 0 Å². The van der Waals surface area contributed by atoms with Crippen molar-refractivity contribution in [3.05, 3.63) is 127 Å². The van der Waals surface area contributed by atoms with E-state index in [-0.39, 0.29) is 8.46 Å². The van der Waals surface area contributed by atoms with Gasteiger partial charge in [-0.15, -0.1) is 0 Å². The van der Waals surface area contributed by atoms with E-state index < -0.39 is 0 Å². The van der Waals surface area contributed by atoms with Gasteiger partial charge in [0, 0.05) is 0 Å². The average molecular weight is 452 g/mol. The summed E-state index contributed by atoms with van der Waals surface area (Å²) in [5.41, 5.74) is 6.82. The third-order valence-electron chi connectivity index (χ3n) is 6.47. The second-order valence-electron chi connectivity index (χ2n) is 8.40. The van der Waals surface area contributed by atoms with Crippen molar-refractivity contribution < 1.29 is 4.57 Å². The Bertz CT molecular complexity index is 1600. The van der Waals surface area contributed by atoms with Crippen molar-refractivity contribution in [3.8, 4) is 33.4 Å². The maximum atomic E-state index is 12.3. The Kier molecular flexibility index (Phi) is 5.26. The van der Waals surface area contributed by atoms with Crippen molar-refractivity contribution in [2.45, 2.75) is 0 Å². The molecule has 0 aliphatic heterocycles. The van der Waals surface area contributed by atoms with E-state index in [2.05, 4.69) is 103 Å². The Morgan fingerprint density at radius 3 is 1.41 bits per heavy atom. The van der Waals surface area contributed by atoms with Crippen LogP contribution in [-0.4, -0.2) is 0 Å². The van der Waals surface area contributed by atoms with Crippen LogP contribution in [0.2, 0.25) is 0 Å². The molecule has 0 atom stereocenters. The summed E-state index contributed by atoms with van der Waals surface area (Å²) in [4.78, 5) is 0. The molecule has 34 heavy (non-hydrogen) atoms. The van der Waals surface area contributed by atoms with E-state index in [9.17, 15) is 4.57 Å². The van der Waals surface area contributed by atoms with Crippen LogP contribution in [0.3, 0.4) is 0 Å². The van der Waals surface area contributed by atoms with E-state index in [0.717, 1.165) is 38.3 Å². The van der Waals surface area contributed by atoms with E-state index in [1.54, 1.807) is 0 Å². The van der Waals surface area contributed by atoms with Crippen molar-refractivity contribution >= 4 is 35.3 Å². The molecule has 0 N–H and O–H groups in total. The highest BCUT2D eigenvalue weighted by atomic mass is 31.1. The molecule has 1 nitrogen and oxygen atoms in total. The normalized spacial score (nSPS) is 11.3. The molecule has 0 saturated carbocycles. The SMILES string of the molecule is O=Pc1ccc(-c2ccccc2)cc1-c1c2ccccc2c(-c2ccccc2)c2ccccc12. The number of hydrogen-bond donors (Lipinski definition) is 0. The summed E-state index contributed by atoms with van der Waals surface area (Å²) in [6.45, 7) is 0. The highest BCUT2D eigenvalue weighted by Gasteiger charge is 2.18. The fourth-order valence-corrected chi connectivity index (χ4v) is 5.37. The molecule has 0 amide bonds. The van der Waals surface area contributed by atoms with Crippen molar-refractivity contribution in [2.24, 2.45) is 0 Å². The Balaban J connectivity index is 1.76. The topological polar surface area (TPSA) is 17.1 Å². The molecule has 0 saturated heterocycles. The Morgan fingerprint density at radius 1 is 0.412 bits per heavy atom. The molecule has 0 unspecified atom stereocenters. The molecule has 0 heterocycles. The summed E-state index contributed by atoms with van der Waals surface area (Å²) in [7, 11) is 0.0163. The lowest BCUT2D eigenvalue weighted by Crippen LogP contribution is -2.00. The Labute approximate surface area is 200 Å². The highest BCUT2D eigenvalue weighted by Crippen LogP contribution is 2.44. The van der Waals surface area contributed by atoms with Crippen LogP contribution in [0.1, 0.15) is 0 Å². The first-order valence-electron chi connectivity index (χ1n) is 11.4. The predicted molar refractivity (Wildman–Crippen MR) is 145 cm³/mol. The van der Waals surface area contributed by atoms with Crippen LogP contribution in [0, 0.1) is 0 Å². The average Bonchev–Trinajstić information content (AvgIpc) is 2.92. The molecule has 0 radical (unpaired) electrons. The standard InChI is InChI=1S/C32H21OP/c33-34-30-20-19-24(22-11-3-1-4-12-22)21-29(30)32-27-17-9-7-15-25(27)31(23-13-5-2-6-14-23)26-16-8-10-18-28(26)32/h1-21H. The van der Waals surface area contributed by atoms with E-state index in [0.29, 0.717) is 0 Å². The zero-order valence-electron chi connectivity index (χ0n) is 18.5. The van der Waals surface area contributed by atoms with Gasteiger partial charge in [-0.05, 0) is 67.1 Å². The maximum absolute atomic E-state index is 12.3. The first-order chi connectivity index (χ1) is 16.8. The molecule has 6 rings (SSSR count). The van der Waals surface area contributed by atoms with Crippen LogP contribution in [0.4, 0.5) is 0 Å². The predicted octanol–water partition coefficient (Wildman–Crippen LogP) is 8.91. The second-order valence-corrected chi connectivity index (χ2v) is 9.06. The van der Waals surface area contributed by atoms with Gasteiger partial charge in [0.25, 0.3) is 0 Å². The largest absolute Gasteiger partial charge is 0.269 e. The van der Waals surface area contributed by atoms with E-state index >= 15 is 0 Å². The smallest absolute Gasteiger partial charge is 0.192 e. The van der Waals surface area contributed by atoms with Gasteiger partial charge < -0.3 is 0 Å². The minimum atomic E-state index is 0.0163. The van der Waals surface area contributed by atoms with Gasteiger partial charge in [0.15, 0.2) is 8.46 Å². The van der Waals surface area contributed by atoms with Gasteiger partial charge in [-0.25, -0.2) is 0 Å². The molecule has 0 bridgehead atoms. The summed E-state index contributed by atoms with van der Waals surface area (Å²) in [5.74, 6) is 0. The first kappa shape index (κ1) is 20.5. The molecule has 0 spiro atoms. The van der Waals surface area contributed by atoms with E-state index in [1.165, 1.54) is 21.9 Å². The molecule has 0 aliphatic rings. The lowest BCUT2D eigenvalue weighted by molar-refractivity contribution is 0.603. The molecule has 160 valence electrons. The summed E-state index contributed by atoms with van der Waals surface area (Å²) in [5, 5.41) is 5.51. The van der Waals surface area contributed by atoms with Gasteiger partial charge >= 0.3 is 0 Å². The van der Waals surface area contributed by atoms with Crippen LogP contribution in [0.15, 0.2) is 127 Å². The minimum Gasteiger partial charge on any atom is -0.269 e. The van der Waals surface area contributed by atoms with Gasteiger partial charge in [-0.3, -0.25) is 4.57 Å². The Hall–Kier alpha value is -4.06. The molecular formula is C32H21OP. The third kappa shape index (κ3) is 3.43. The van der Waals surface area contributed by atoms with Crippen molar-refractivity contribution in [1.29, 1.82) is 0 Å². The third-order valence-corrected chi connectivity index (χ3v) is 7.05. The lowest BCUT2D eigenvalue weighted by Gasteiger charge is -2.19. The number of rotatable bonds is 4. The van der Waals surface area contributed by atoms with Crippen LogP contribution in [-0.2, 0) is 4.57 Å². The first-order valence-corrected chi connectivity index (χ1v) is 12.2. The van der Waals surface area contributed by atoms with Gasteiger partial charge in [0.1, 0.15) is 0 Å². The Morgan fingerprint density at radius 2 is 0.882 bits per heavy atom. The van der Waals surface area contributed by atoms with Crippen molar-refractivity contribution in [3.63, 3.8) is 0 Å². The number of fused-ring (bicyclic) bond motifs is 2. The summed E-state index contributed by atoms with van der Waals surface area (Å²) < 4.78 is 12.3. The molecular weight excluding hydrogens is 431 g/mol. The molecule has 0 aromatic heterocycles. The zero-order chi connectivity index (χ0) is 22.9. The molecule has 0 aliphatic carbocycles. The van der Waals surface area contributed by atoms with Crippen LogP contribution >= 0.6 is 8.46 Å². The molecule has 6 aromatic carbocycles. The van der Waals surface area contributed by atoms with Crippen molar-refractivity contribution in [1.82, 2.24) is 0 Å². The summed E-state index contributed by atoms with van der Waals surface area (Å²) >= 11 is 0. The summed E-state index contributed by atoms with van der Waals surface area (Å²) in [6, 6.07) is 44.3. The van der Waals surface area contributed by atoms with Gasteiger partial charge in [0.2, 0.25) is 0 Å². The quantitative estimate of drug-likeness (QED) is 0.193. The number of hydrogen-bond acceptors (Lipinski definition) is 1. The maximum Gasteiger partial charge on any atom is 0.192 e. The van der Waals surface area contributed by atoms with Crippen LogP contribution < -0.4 is 5.30 Å². The van der Waals surface area contributed by atoms with Gasteiger partial charge in [0.05, 0.1) is 5.30 Å². The van der Waals surface area contributed by atoms with Gasteiger partial charge in [-0.2, -0.15) is 0 Å². The molecule has 6 aromatic rings. The summed E-state index contributed by atoms with van der Waals surface area (Å²) in [6.07, 6.45) is 0. The van der Waals surface area contributed by atoms with Crippen LogP contribution in [0.5, 0.6) is 0 Å². The molecule has 0 fully saturated rings. The second kappa shape index (κ2) is 8.71. The van der Waals surface area contributed by atoms with E-state index in [1.807, 2.05) is 24.3 Å². The number of benzene rings is 6. The van der Waals surface area contributed by atoms with Gasteiger partial charge in [-0.1, -0.05) is 115 Å². The monoisotopic (exact) mass is 452 g/mol. The highest BCUT2D eigenvalue weighted by molar-refractivity contribution is 7.34. The minimum absolute atomic E-state index is 0.0163. The van der Waals surface area contributed by atoms with Crippen LogP contribution in [0.25, 0.3) is 54.9 Å². The zero-order valence-corrected chi connectivity index (χ0v) is 19.4.